The standard InChI is InChI=1S/C13H15ClN2O2/c1-9-2-3-10(8-12(9)14)13(17)16-6-4-11(15-18)5-7-16/h2-3,8,18H,4-7H2,1H3. The molecule has 0 aromatic heterocycles. The van der Waals surface area contributed by atoms with Gasteiger partial charge < -0.3 is 10.1 Å². The van der Waals surface area contributed by atoms with Crippen LogP contribution in [-0.4, -0.2) is 34.8 Å². The predicted octanol–water partition coefficient (Wildman–Crippen LogP) is 2.71. The summed E-state index contributed by atoms with van der Waals surface area (Å²) < 4.78 is 0. The number of piperidine rings is 1. The molecule has 0 radical (unpaired) electrons. The van der Waals surface area contributed by atoms with Crippen LogP contribution in [0.1, 0.15) is 28.8 Å². The number of hydrogen-bond acceptors (Lipinski definition) is 3. The lowest BCUT2D eigenvalue weighted by Gasteiger charge is -2.27. The summed E-state index contributed by atoms with van der Waals surface area (Å²) in [7, 11) is 0. The number of carbonyl (C=O) groups excluding carboxylic acids is 1. The molecular weight excluding hydrogens is 252 g/mol. The first-order chi connectivity index (χ1) is 8.61. The second-order valence-corrected chi connectivity index (χ2v) is 4.83. The van der Waals surface area contributed by atoms with E-state index in [2.05, 4.69) is 5.16 Å². The summed E-state index contributed by atoms with van der Waals surface area (Å²) in [6.07, 6.45) is 1.25. The van der Waals surface area contributed by atoms with Crippen LogP contribution in [0.2, 0.25) is 5.02 Å². The number of aryl methyl sites for hydroxylation is 1. The number of amides is 1. The average molecular weight is 267 g/mol. The van der Waals surface area contributed by atoms with E-state index in [1.54, 1.807) is 17.0 Å². The fourth-order valence-electron chi connectivity index (χ4n) is 1.98. The van der Waals surface area contributed by atoms with Crippen LogP contribution in [0, 0.1) is 6.92 Å². The number of benzene rings is 1. The molecule has 0 atom stereocenters. The lowest BCUT2D eigenvalue weighted by Crippen LogP contribution is -2.38. The molecule has 1 aliphatic rings. The van der Waals surface area contributed by atoms with E-state index in [9.17, 15) is 4.79 Å². The minimum Gasteiger partial charge on any atom is -0.411 e. The van der Waals surface area contributed by atoms with Crippen LogP contribution in [-0.2, 0) is 0 Å². The molecule has 1 amide bonds. The fraction of sp³-hybridized carbons (Fsp3) is 0.385. The van der Waals surface area contributed by atoms with E-state index in [1.165, 1.54) is 0 Å². The van der Waals surface area contributed by atoms with E-state index in [0.717, 1.165) is 11.3 Å². The number of oxime groups is 1. The molecule has 1 fully saturated rings. The zero-order valence-corrected chi connectivity index (χ0v) is 10.9. The fourth-order valence-corrected chi connectivity index (χ4v) is 2.16. The third kappa shape index (κ3) is 2.64. The van der Waals surface area contributed by atoms with E-state index in [-0.39, 0.29) is 5.91 Å². The maximum atomic E-state index is 12.2. The molecule has 2 rings (SSSR count). The van der Waals surface area contributed by atoms with Gasteiger partial charge in [0.2, 0.25) is 0 Å². The number of hydrogen-bond donors (Lipinski definition) is 1. The quantitative estimate of drug-likeness (QED) is 0.628. The van der Waals surface area contributed by atoms with Gasteiger partial charge in [0, 0.05) is 36.5 Å². The van der Waals surface area contributed by atoms with Gasteiger partial charge in [0.05, 0.1) is 5.71 Å². The summed E-state index contributed by atoms with van der Waals surface area (Å²) in [4.78, 5) is 14.0. The lowest BCUT2D eigenvalue weighted by atomic mass is 10.1. The Balaban J connectivity index is 2.10. The van der Waals surface area contributed by atoms with Gasteiger partial charge in [-0.25, -0.2) is 0 Å². The van der Waals surface area contributed by atoms with Gasteiger partial charge in [-0.2, -0.15) is 0 Å². The molecule has 96 valence electrons. The van der Waals surface area contributed by atoms with Crippen LogP contribution in [0.5, 0.6) is 0 Å². The molecule has 0 saturated carbocycles. The van der Waals surface area contributed by atoms with Crippen LogP contribution in [0.3, 0.4) is 0 Å². The van der Waals surface area contributed by atoms with Gasteiger partial charge in [0.15, 0.2) is 0 Å². The van der Waals surface area contributed by atoms with Gasteiger partial charge in [0.25, 0.3) is 5.91 Å². The minimum atomic E-state index is -0.0195. The van der Waals surface area contributed by atoms with Crippen LogP contribution < -0.4 is 0 Å². The van der Waals surface area contributed by atoms with Crippen LogP contribution in [0.15, 0.2) is 23.4 Å². The van der Waals surface area contributed by atoms with Gasteiger partial charge in [-0.05, 0) is 24.6 Å². The van der Waals surface area contributed by atoms with Crippen molar-refractivity contribution in [3.63, 3.8) is 0 Å². The summed E-state index contributed by atoms with van der Waals surface area (Å²) in [5.41, 5.74) is 2.32. The van der Waals surface area contributed by atoms with E-state index in [1.807, 2.05) is 13.0 Å². The highest BCUT2D eigenvalue weighted by molar-refractivity contribution is 6.31. The normalized spacial score (nSPS) is 15.7. The Morgan fingerprint density at radius 1 is 1.39 bits per heavy atom. The molecule has 1 N–H and O–H groups in total. The third-order valence-corrected chi connectivity index (χ3v) is 3.60. The Hall–Kier alpha value is -1.55. The second kappa shape index (κ2) is 5.40. The molecule has 0 unspecified atom stereocenters. The molecule has 0 bridgehead atoms. The monoisotopic (exact) mass is 266 g/mol. The molecule has 18 heavy (non-hydrogen) atoms. The number of rotatable bonds is 1. The molecule has 1 aromatic carbocycles. The number of halogens is 1. The van der Waals surface area contributed by atoms with Crippen LogP contribution >= 0.6 is 11.6 Å². The van der Waals surface area contributed by atoms with E-state index >= 15 is 0 Å². The second-order valence-electron chi connectivity index (χ2n) is 4.42. The van der Waals surface area contributed by atoms with E-state index < -0.39 is 0 Å². The predicted molar refractivity (Wildman–Crippen MR) is 70.5 cm³/mol. The van der Waals surface area contributed by atoms with Gasteiger partial charge in [-0.15, -0.1) is 0 Å². The van der Waals surface area contributed by atoms with E-state index in [0.29, 0.717) is 36.5 Å². The first kappa shape index (κ1) is 12.9. The Morgan fingerprint density at radius 2 is 2.06 bits per heavy atom. The van der Waals surface area contributed by atoms with Crippen LogP contribution in [0.4, 0.5) is 0 Å². The van der Waals surface area contributed by atoms with Crippen molar-refractivity contribution in [3.05, 3.63) is 34.3 Å². The third-order valence-electron chi connectivity index (χ3n) is 3.19. The van der Waals surface area contributed by atoms with Crippen molar-refractivity contribution >= 4 is 23.2 Å². The van der Waals surface area contributed by atoms with Crippen molar-refractivity contribution in [2.24, 2.45) is 5.16 Å². The summed E-state index contributed by atoms with van der Waals surface area (Å²) in [5, 5.41) is 12.5. The summed E-state index contributed by atoms with van der Waals surface area (Å²) in [6.45, 7) is 3.08. The van der Waals surface area contributed by atoms with Crippen molar-refractivity contribution in [1.29, 1.82) is 0 Å². The first-order valence-corrected chi connectivity index (χ1v) is 6.25. The first-order valence-electron chi connectivity index (χ1n) is 5.87. The Morgan fingerprint density at radius 3 is 2.61 bits per heavy atom. The molecule has 5 heteroatoms. The maximum Gasteiger partial charge on any atom is 0.253 e. The topological polar surface area (TPSA) is 52.9 Å². The zero-order valence-electron chi connectivity index (χ0n) is 10.2. The largest absolute Gasteiger partial charge is 0.411 e. The number of likely N-dealkylation sites (tertiary alicyclic amines) is 1. The summed E-state index contributed by atoms with van der Waals surface area (Å²) >= 11 is 6.02. The highest BCUT2D eigenvalue weighted by atomic mass is 35.5. The Kier molecular flexibility index (Phi) is 3.87. The van der Waals surface area contributed by atoms with Crippen molar-refractivity contribution < 1.29 is 10.0 Å². The number of nitrogens with zero attached hydrogens (tertiary/aromatic N) is 2. The molecular formula is C13H15ClN2O2. The minimum absolute atomic E-state index is 0.0195. The Bertz CT molecular complexity index is 490. The van der Waals surface area contributed by atoms with Gasteiger partial charge in [-0.3, -0.25) is 4.79 Å². The average Bonchev–Trinajstić information content (AvgIpc) is 2.41. The van der Waals surface area contributed by atoms with Crippen molar-refractivity contribution in [3.8, 4) is 0 Å². The Labute approximate surface area is 111 Å². The van der Waals surface area contributed by atoms with Crippen molar-refractivity contribution in [2.45, 2.75) is 19.8 Å². The molecule has 0 spiro atoms. The molecule has 4 nitrogen and oxygen atoms in total. The highest BCUT2D eigenvalue weighted by Crippen LogP contribution is 2.19. The van der Waals surface area contributed by atoms with Crippen LogP contribution in [0.25, 0.3) is 0 Å². The molecule has 1 aromatic rings. The molecule has 0 aliphatic carbocycles. The summed E-state index contributed by atoms with van der Waals surface area (Å²) in [5.74, 6) is -0.0195. The van der Waals surface area contributed by atoms with Gasteiger partial charge in [0.1, 0.15) is 0 Å². The number of carbonyl (C=O) groups is 1. The highest BCUT2D eigenvalue weighted by Gasteiger charge is 2.21. The zero-order chi connectivity index (χ0) is 13.1. The van der Waals surface area contributed by atoms with Crippen molar-refractivity contribution in [2.75, 3.05) is 13.1 Å². The SMILES string of the molecule is Cc1ccc(C(=O)N2CCC(=NO)CC2)cc1Cl. The molecule has 1 aliphatic heterocycles. The van der Waals surface area contributed by atoms with Gasteiger partial charge >= 0.3 is 0 Å². The van der Waals surface area contributed by atoms with Gasteiger partial charge in [-0.1, -0.05) is 22.8 Å². The molecule has 1 saturated heterocycles. The molecule has 1 heterocycles. The van der Waals surface area contributed by atoms with E-state index in [4.69, 9.17) is 16.8 Å². The van der Waals surface area contributed by atoms with Crippen molar-refractivity contribution in [1.82, 2.24) is 4.90 Å². The summed E-state index contributed by atoms with van der Waals surface area (Å²) in [6, 6.07) is 5.34. The smallest absolute Gasteiger partial charge is 0.253 e. The maximum absolute atomic E-state index is 12.2. The lowest BCUT2D eigenvalue weighted by molar-refractivity contribution is 0.0753.